The van der Waals surface area contributed by atoms with Gasteiger partial charge in [0, 0.05) is 29.4 Å². The summed E-state index contributed by atoms with van der Waals surface area (Å²) >= 11 is 1.82. The van der Waals surface area contributed by atoms with Crippen molar-refractivity contribution in [3.05, 3.63) is 64.8 Å². The third-order valence-corrected chi connectivity index (χ3v) is 6.85. The van der Waals surface area contributed by atoms with E-state index in [2.05, 4.69) is 10.3 Å². The highest BCUT2D eigenvalue weighted by Crippen LogP contribution is 2.39. The molecule has 3 aromatic heterocycles. The van der Waals surface area contributed by atoms with Crippen molar-refractivity contribution in [1.29, 1.82) is 0 Å². The van der Waals surface area contributed by atoms with Crippen molar-refractivity contribution >= 4 is 27.4 Å². The van der Waals surface area contributed by atoms with Gasteiger partial charge < -0.3 is 10.4 Å². The Morgan fingerprint density at radius 2 is 1.83 bits per heavy atom. The van der Waals surface area contributed by atoms with Gasteiger partial charge >= 0.3 is 0 Å². The van der Waals surface area contributed by atoms with Gasteiger partial charge in [0.15, 0.2) is 5.82 Å². The summed E-state index contributed by atoms with van der Waals surface area (Å²) in [6.45, 7) is 0.793. The number of benzene rings is 1. The van der Waals surface area contributed by atoms with E-state index in [0.29, 0.717) is 5.75 Å². The number of thiophene rings is 1. The highest BCUT2D eigenvalue weighted by Gasteiger charge is 2.21. The van der Waals surface area contributed by atoms with E-state index in [-0.39, 0.29) is 0 Å². The summed E-state index contributed by atoms with van der Waals surface area (Å²) in [6.07, 6.45) is 10.1. The number of aromatic nitrogens is 3. The third kappa shape index (κ3) is 3.75. The number of aryl methyl sites for hydroxylation is 3. The van der Waals surface area contributed by atoms with Crippen LogP contribution in [-0.2, 0) is 19.3 Å². The van der Waals surface area contributed by atoms with Crippen molar-refractivity contribution in [3.63, 3.8) is 0 Å². The van der Waals surface area contributed by atoms with E-state index >= 15 is 0 Å². The van der Waals surface area contributed by atoms with Crippen LogP contribution in [0.3, 0.4) is 0 Å². The Kier molecular flexibility index (Phi) is 5.32. The van der Waals surface area contributed by atoms with E-state index in [1.807, 2.05) is 41.7 Å². The number of nitrogens with zero attached hydrogens (tertiary/aromatic N) is 3. The van der Waals surface area contributed by atoms with Crippen molar-refractivity contribution < 1.29 is 5.11 Å². The van der Waals surface area contributed by atoms with Crippen LogP contribution in [0.5, 0.6) is 5.75 Å². The zero-order chi connectivity index (χ0) is 20.3. The predicted molar refractivity (Wildman–Crippen MR) is 122 cm³/mol. The Hall–Kier alpha value is -2.99. The minimum atomic E-state index is 0.369. The molecule has 1 aromatic carbocycles. The third-order valence-electron chi connectivity index (χ3n) is 5.66. The first-order valence-corrected chi connectivity index (χ1v) is 11.3. The van der Waals surface area contributed by atoms with Gasteiger partial charge in [-0.2, -0.15) is 0 Å². The molecule has 0 spiro atoms. The molecule has 0 saturated heterocycles. The Balaban J connectivity index is 1.44. The van der Waals surface area contributed by atoms with Crippen molar-refractivity contribution in [2.45, 2.75) is 38.5 Å². The number of pyridine rings is 1. The highest BCUT2D eigenvalue weighted by molar-refractivity contribution is 7.19. The summed E-state index contributed by atoms with van der Waals surface area (Å²) in [7, 11) is 0. The summed E-state index contributed by atoms with van der Waals surface area (Å²) in [6, 6.07) is 11.5. The fourth-order valence-corrected chi connectivity index (χ4v) is 5.38. The average Bonchev–Trinajstić information content (AvgIpc) is 3.17. The number of aromatic hydroxyl groups is 1. The van der Waals surface area contributed by atoms with Gasteiger partial charge in [0.2, 0.25) is 0 Å². The van der Waals surface area contributed by atoms with Gasteiger partial charge in [-0.15, -0.1) is 11.3 Å². The topological polar surface area (TPSA) is 70.9 Å². The molecular weight excluding hydrogens is 392 g/mol. The molecule has 1 aliphatic carbocycles. The second-order valence-corrected chi connectivity index (χ2v) is 8.77. The van der Waals surface area contributed by atoms with E-state index in [1.165, 1.54) is 28.7 Å². The van der Waals surface area contributed by atoms with Gasteiger partial charge in [-0.25, -0.2) is 9.97 Å². The summed E-state index contributed by atoms with van der Waals surface area (Å²) in [5.41, 5.74) is 3.40. The van der Waals surface area contributed by atoms with Gasteiger partial charge in [0.25, 0.3) is 0 Å². The maximum absolute atomic E-state index is 9.99. The van der Waals surface area contributed by atoms with Gasteiger partial charge in [-0.05, 0) is 67.9 Å². The zero-order valence-electron chi connectivity index (χ0n) is 16.8. The normalized spacial score (nSPS) is 13.3. The molecule has 0 fully saturated rings. The van der Waals surface area contributed by atoms with Crippen molar-refractivity contribution in [2.75, 3.05) is 11.9 Å². The van der Waals surface area contributed by atoms with Gasteiger partial charge in [-0.1, -0.05) is 18.2 Å². The summed E-state index contributed by atoms with van der Waals surface area (Å²) in [5.74, 6) is 2.05. The average molecular weight is 417 g/mol. The van der Waals surface area contributed by atoms with E-state index in [9.17, 15) is 5.11 Å². The van der Waals surface area contributed by atoms with E-state index in [1.54, 1.807) is 18.5 Å². The maximum atomic E-state index is 9.99. The standard InChI is InChI=1S/C24H24N4OS/c29-19-9-3-1-6-16(19)7-5-13-26-23-21-18-8-2-4-10-20(18)30-24(21)28-22(27-23)17-11-14-25-15-12-17/h1,3,6,9,11-12,14-15,29H,2,4-5,7-8,10,13H2,(H,26,27,28). The fourth-order valence-electron chi connectivity index (χ4n) is 4.12. The number of nitrogens with one attached hydrogen (secondary N) is 1. The summed E-state index contributed by atoms with van der Waals surface area (Å²) < 4.78 is 0. The molecule has 152 valence electrons. The van der Waals surface area contributed by atoms with Crippen LogP contribution in [0, 0.1) is 0 Å². The maximum Gasteiger partial charge on any atom is 0.163 e. The van der Waals surface area contributed by atoms with Crippen molar-refractivity contribution in [3.8, 4) is 17.1 Å². The van der Waals surface area contributed by atoms with Crippen LogP contribution < -0.4 is 5.32 Å². The van der Waals surface area contributed by atoms with Crippen LogP contribution in [0.4, 0.5) is 5.82 Å². The second-order valence-electron chi connectivity index (χ2n) is 7.68. The smallest absolute Gasteiger partial charge is 0.163 e. The van der Waals surface area contributed by atoms with Crippen LogP contribution in [-0.4, -0.2) is 26.6 Å². The lowest BCUT2D eigenvalue weighted by atomic mass is 9.97. The number of hydrogen-bond donors (Lipinski definition) is 2. The molecule has 0 radical (unpaired) electrons. The van der Waals surface area contributed by atoms with Crippen LogP contribution in [0.2, 0.25) is 0 Å². The molecule has 0 unspecified atom stereocenters. The molecule has 30 heavy (non-hydrogen) atoms. The summed E-state index contributed by atoms with van der Waals surface area (Å²) in [4.78, 5) is 16.5. The Morgan fingerprint density at radius 1 is 1.00 bits per heavy atom. The van der Waals surface area contributed by atoms with Crippen LogP contribution in [0.1, 0.15) is 35.3 Å². The Labute approximate surface area is 179 Å². The van der Waals surface area contributed by atoms with Gasteiger partial charge in [0.1, 0.15) is 16.4 Å². The second kappa shape index (κ2) is 8.40. The van der Waals surface area contributed by atoms with Crippen molar-refractivity contribution in [1.82, 2.24) is 15.0 Å². The molecule has 0 amide bonds. The molecule has 5 rings (SSSR count). The molecule has 0 bridgehead atoms. The zero-order valence-corrected chi connectivity index (χ0v) is 17.6. The predicted octanol–water partition coefficient (Wildman–Crippen LogP) is 5.38. The molecule has 5 nitrogen and oxygen atoms in total. The first-order valence-electron chi connectivity index (χ1n) is 10.5. The first-order chi connectivity index (χ1) is 14.8. The number of hydrogen-bond acceptors (Lipinski definition) is 6. The van der Waals surface area contributed by atoms with E-state index in [0.717, 1.165) is 59.8 Å². The molecule has 2 N–H and O–H groups in total. The van der Waals surface area contributed by atoms with E-state index in [4.69, 9.17) is 9.97 Å². The SMILES string of the molecule is Oc1ccccc1CCCNc1nc(-c2ccncc2)nc2sc3c(c12)CCCC3. The lowest BCUT2D eigenvalue weighted by Gasteiger charge is -2.13. The van der Waals surface area contributed by atoms with E-state index < -0.39 is 0 Å². The molecule has 0 atom stereocenters. The molecular formula is C24H24N4OS. The molecule has 4 aromatic rings. The molecule has 0 saturated carbocycles. The number of rotatable bonds is 6. The fraction of sp³-hybridized carbons (Fsp3) is 0.292. The monoisotopic (exact) mass is 416 g/mol. The molecule has 0 aliphatic heterocycles. The number of phenols is 1. The number of fused-ring (bicyclic) bond motifs is 3. The summed E-state index contributed by atoms with van der Waals surface area (Å²) in [5, 5.41) is 14.8. The molecule has 1 aliphatic rings. The lowest BCUT2D eigenvalue weighted by Crippen LogP contribution is -2.08. The van der Waals surface area contributed by atoms with Crippen molar-refractivity contribution in [2.24, 2.45) is 0 Å². The lowest BCUT2D eigenvalue weighted by molar-refractivity contribution is 0.467. The minimum Gasteiger partial charge on any atom is -0.508 e. The van der Waals surface area contributed by atoms with Crippen LogP contribution in [0.25, 0.3) is 21.6 Å². The van der Waals surface area contributed by atoms with Crippen LogP contribution in [0.15, 0.2) is 48.8 Å². The number of para-hydroxylation sites is 1. The highest BCUT2D eigenvalue weighted by atomic mass is 32.1. The number of anilines is 1. The van der Waals surface area contributed by atoms with Gasteiger partial charge in [0.05, 0.1) is 5.39 Å². The molecule has 3 heterocycles. The van der Waals surface area contributed by atoms with Gasteiger partial charge in [-0.3, -0.25) is 4.98 Å². The molecule has 6 heteroatoms. The minimum absolute atomic E-state index is 0.369. The quantitative estimate of drug-likeness (QED) is 0.413. The van der Waals surface area contributed by atoms with Crippen LogP contribution >= 0.6 is 11.3 Å². The Bertz CT molecular complexity index is 1170. The largest absolute Gasteiger partial charge is 0.508 e. The first kappa shape index (κ1) is 19.0. The number of phenolic OH excluding ortho intramolecular Hbond substituents is 1. The Morgan fingerprint density at radius 3 is 2.70 bits per heavy atom.